The van der Waals surface area contributed by atoms with Gasteiger partial charge in [-0.25, -0.2) is 0 Å². The number of hydrazone groups is 1. The second kappa shape index (κ2) is 13.7. The van der Waals surface area contributed by atoms with Gasteiger partial charge in [0.25, 0.3) is 0 Å². The zero-order valence-corrected chi connectivity index (χ0v) is 14.8. The van der Waals surface area contributed by atoms with Gasteiger partial charge in [0.05, 0.1) is 6.21 Å². The van der Waals surface area contributed by atoms with Gasteiger partial charge in [0.1, 0.15) is 14.1 Å². The van der Waals surface area contributed by atoms with Crippen LogP contribution in [-0.4, -0.2) is 39.0 Å². The molecule has 2 radical (unpaired) electrons. The minimum absolute atomic E-state index is 0.0173. The molecule has 4 heteroatoms. The summed E-state index contributed by atoms with van der Waals surface area (Å²) in [4.78, 5) is 0. The van der Waals surface area contributed by atoms with Crippen molar-refractivity contribution >= 4 is 14.1 Å². The van der Waals surface area contributed by atoms with E-state index in [1.54, 1.807) is 17.3 Å². The molecule has 0 aromatic carbocycles. The molecule has 0 N–H and O–H groups in total. The number of ether oxygens (including phenoxy) is 1. The molecule has 1 unspecified atom stereocenters. The van der Waals surface area contributed by atoms with Crippen LogP contribution >= 0.6 is 0 Å². The van der Waals surface area contributed by atoms with E-state index >= 15 is 0 Å². The summed E-state index contributed by atoms with van der Waals surface area (Å²) in [6, 6.07) is 0. The number of hydrogen-bond donors (Lipinski definition) is 0. The first kappa shape index (κ1) is 22.0. The van der Waals surface area contributed by atoms with Crippen molar-refractivity contribution in [2.45, 2.75) is 54.2 Å². The van der Waals surface area contributed by atoms with Crippen LogP contribution in [0.1, 0.15) is 48.0 Å². The van der Waals surface area contributed by atoms with Gasteiger partial charge in [0.15, 0.2) is 0 Å². The van der Waals surface area contributed by atoms with E-state index < -0.39 is 0 Å². The van der Waals surface area contributed by atoms with E-state index in [0.717, 1.165) is 17.6 Å². The lowest BCUT2D eigenvalue weighted by atomic mass is 9.84. The highest BCUT2D eigenvalue weighted by Gasteiger charge is 2.09. The third-order valence-electron chi connectivity index (χ3n) is 2.89. The molecule has 0 aromatic heterocycles. The van der Waals surface area contributed by atoms with Crippen molar-refractivity contribution < 1.29 is 4.74 Å². The van der Waals surface area contributed by atoms with Crippen molar-refractivity contribution in [1.82, 2.24) is 5.01 Å². The van der Waals surface area contributed by atoms with Gasteiger partial charge >= 0.3 is 0 Å². The maximum absolute atomic E-state index is 6.04. The Morgan fingerprint density at radius 1 is 1.38 bits per heavy atom. The smallest absolute Gasteiger partial charge is 0.145 e. The minimum Gasteiger partial charge on any atom is -0.357 e. The molecule has 0 aliphatic rings. The zero-order valence-electron chi connectivity index (χ0n) is 14.8. The summed E-state index contributed by atoms with van der Waals surface area (Å²) in [6.45, 7) is 16.4. The first-order valence-electron chi connectivity index (χ1n) is 7.65. The van der Waals surface area contributed by atoms with Gasteiger partial charge in [-0.05, 0) is 32.8 Å². The predicted octanol–water partition coefficient (Wildman–Crippen LogP) is 4.28. The summed E-state index contributed by atoms with van der Waals surface area (Å²) in [5.74, 6) is 0. The highest BCUT2D eigenvalue weighted by molar-refractivity contribution is 6.26. The number of hydrogen-bond acceptors (Lipinski definition) is 3. The topological polar surface area (TPSA) is 24.8 Å². The largest absolute Gasteiger partial charge is 0.357 e. The predicted molar refractivity (Wildman–Crippen MR) is 95.7 cm³/mol. The van der Waals surface area contributed by atoms with E-state index in [-0.39, 0.29) is 6.23 Å². The highest BCUT2D eigenvalue weighted by atomic mass is 16.5. The lowest BCUT2D eigenvalue weighted by Crippen LogP contribution is -2.29. The van der Waals surface area contributed by atoms with Crippen LogP contribution in [0, 0.1) is 0 Å². The van der Waals surface area contributed by atoms with E-state index in [2.05, 4.69) is 18.6 Å². The van der Waals surface area contributed by atoms with Crippen molar-refractivity contribution in [1.29, 1.82) is 0 Å². The Balaban J connectivity index is 0. The van der Waals surface area contributed by atoms with Crippen LogP contribution < -0.4 is 0 Å². The van der Waals surface area contributed by atoms with Crippen molar-refractivity contribution in [3.05, 3.63) is 35.3 Å². The molecule has 0 fully saturated rings. The molecule has 0 amide bonds. The van der Waals surface area contributed by atoms with Gasteiger partial charge in [0, 0.05) is 13.7 Å². The van der Waals surface area contributed by atoms with Gasteiger partial charge in [-0.1, -0.05) is 50.5 Å². The molecule has 0 rings (SSSR count). The Bertz CT molecular complexity index is 373. The Hall–Kier alpha value is -1.29. The summed E-state index contributed by atoms with van der Waals surface area (Å²) in [7, 11) is 7.92. The van der Waals surface area contributed by atoms with Crippen molar-refractivity contribution in [3.8, 4) is 0 Å². The number of nitrogens with zero attached hydrogens (tertiary/aromatic N) is 2. The normalized spacial score (nSPS) is 14.1. The zero-order chi connectivity index (χ0) is 16.8. The quantitative estimate of drug-likeness (QED) is 0.219. The standard InChI is InChI=1S/C15H25BN2O.C2H6/c1-7-12(5)15(16)13(8-2)11-17-18(6)14(9-3)19-10-4;1-2/h7-8,11,14H,2,9-10H2,1,3-6H3;1-2H3/b12-7+,15-13-,17-11-;. The lowest BCUT2D eigenvalue weighted by molar-refractivity contribution is -0.0426. The molecule has 118 valence electrons. The van der Waals surface area contributed by atoms with Crippen molar-refractivity contribution in [2.75, 3.05) is 13.7 Å². The Morgan fingerprint density at radius 3 is 2.33 bits per heavy atom. The molecule has 0 saturated heterocycles. The molecule has 0 bridgehead atoms. The van der Waals surface area contributed by atoms with Crippen LogP contribution in [0.3, 0.4) is 0 Å². The SMILES string of the molecule is CC.[B]C(/C(C)=C/C)=C(C=C)\C=N/N(C)C(CC)OCC. The Morgan fingerprint density at radius 2 is 1.95 bits per heavy atom. The van der Waals surface area contributed by atoms with Crippen molar-refractivity contribution in [2.24, 2.45) is 5.10 Å². The molecule has 0 aliphatic carbocycles. The molecular weight excluding hydrogens is 259 g/mol. The monoisotopic (exact) mass is 290 g/mol. The average molecular weight is 290 g/mol. The molecule has 0 spiro atoms. The second-order valence-corrected chi connectivity index (χ2v) is 4.18. The fourth-order valence-electron chi connectivity index (χ4n) is 1.53. The van der Waals surface area contributed by atoms with Gasteiger partial charge in [-0.2, -0.15) is 5.10 Å². The van der Waals surface area contributed by atoms with Crippen LogP contribution in [0.15, 0.2) is 40.5 Å². The van der Waals surface area contributed by atoms with Gasteiger partial charge < -0.3 is 4.74 Å². The fourth-order valence-corrected chi connectivity index (χ4v) is 1.53. The summed E-state index contributed by atoms with van der Waals surface area (Å²) in [5.41, 5.74) is 2.52. The van der Waals surface area contributed by atoms with Gasteiger partial charge in [-0.15, -0.1) is 0 Å². The molecule has 0 saturated carbocycles. The maximum atomic E-state index is 6.04. The third-order valence-corrected chi connectivity index (χ3v) is 2.89. The lowest BCUT2D eigenvalue weighted by Gasteiger charge is -2.24. The van der Waals surface area contributed by atoms with E-state index in [9.17, 15) is 0 Å². The molecular formula is C17H31BN2O. The summed E-state index contributed by atoms with van der Waals surface area (Å²) >= 11 is 0. The third kappa shape index (κ3) is 8.56. The van der Waals surface area contributed by atoms with Crippen LogP contribution in [-0.2, 0) is 4.74 Å². The Labute approximate surface area is 132 Å². The van der Waals surface area contributed by atoms with Gasteiger partial charge in [-0.3, -0.25) is 5.01 Å². The van der Waals surface area contributed by atoms with Gasteiger partial charge in [0.2, 0.25) is 0 Å². The fraction of sp³-hybridized carbons (Fsp3) is 0.588. The number of allylic oxidation sites excluding steroid dienone is 5. The molecule has 0 aliphatic heterocycles. The van der Waals surface area contributed by atoms with E-state index in [1.165, 1.54) is 0 Å². The molecule has 3 nitrogen and oxygen atoms in total. The van der Waals surface area contributed by atoms with Crippen LogP contribution in [0.5, 0.6) is 0 Å². The van der Waals surface area contributed by atoms with E-state index in [4.69, 9.17) is 12.6 Å². The molecule has 0 heterocycles. The maximum Gasteiger partial charge on any atom is 0.145 e. The van der Waals surface area contributed by atoms with Crippen LogP contribution in [0.4, 0.5) is 0 Å². The average Bonchev–Trinajstić information content (AvgIpc) is 2.53. The molecule has 1 atom stereocenters. The Kier molecular flexibility index (Phi) is 14.3. The second-order valence-electron chi connectivity index (χ2n) is 4.18. The van der Waals surface area contributed by atoms with E-state index in [0.29, 0.717) is 12.1 Å². The summed E-state index contributed by atoms with van der Waals surface area (Å²) < 4.78 is 5.58. The van der Waals surface area contributed by atoms with Crippen LogP contribution in [0.25, 0.3) is 0 Å². The molecule has 21 heavy (non-hydrogen) atoms. The first-order chi connectivity index (χ1) is 10.0. The highest BCUT2D eigenvalue weighted by Crippen LogP contribution is 2.11. The summed E-state index contributed by atoms with van der Waals surface area (Å²) in [5, 5.41) is 6.17. The van der Waals surface area contributed by atoms with Crippen molar-refractivity contribution in [3.63, 3.8) is 0 Å². The minimum atomic E-state index is -0.0173. The first-order valence-corrected chi connectivity index (χ1v) is 7.65. The molecule has 0 aromatic rings. The number of rotatable bonds is 8. The van der Waals surface area contributed by atoms with Crippen LogP contribution in [0.2, 0.25) is 0 Å². The summed E-state index contributed by atoms with van der Waals surface area (Å²) in [6.07, 6.45) is 6.25. The van der Waals surface area contributed by atoms with E-state index in [1.807, 2.05) is 47.7 Å².